The molecule has 0 bridgehead atoms. The van der Waals surface area contributed by atoms with Crippen molar-refractivity contribution in [3.63, 3.8) is 0 Å². The van der Waals surface area contributed by atoms with Gasteiger partial charge in [0.05, 0.1) is 6.54 Å². The lowest BCUT2D eigenvalue weighted by molar-refractivity contribution is -0.139. The molecular formula is C18H31N3O2. The van der Waals surface area contributed by atoms with Crippen LogP contribution in [0.3, 0.4) is 0 Å². The van der Waals surface area contributed by atoms with Crippen LogP contribution in [0.2, 0.25) is 0 Å². The second-order valence-electron chi connectivity index (χ2n) is 7.65. The second kappa shape index (κ2) is 7.65. The summed E-state index contributed by atoms with van der Waals surface area (Å²) in [6, 6.07) is 0. The van der Waals surface area contributed by atoms with Gasteiger partial charge in [0.15, 0.2) is 0 Å². The molecule has 130 valence electrons. The van der Waals surface area contributed by atoms with Gasteiger partial charge in [0.1, 0.15) is 0 Å². The molecule has 0 radical (unpaired) electrons. The molecule has 5 nitrogen and oxygen atoms in total. The Balaban J connectivity index is 1.39. The summed E-state index contributed by atoms with van der Waals surface area (Å²) in [5.74, 6) is 1.60. The molecule has 0 aromatic carbocycles. The third-order valence-electron chi connectivity index (χ3n) is 5.65. The fourth-order valence-electron chi connectivity index (χ4n) is 3.84. The first-order chi connectivity index (χ1) is 11.1. The summed E-state index contributed by atoms with van der Waals surface area (Å²) in [6.07, 6.45) is 8.40. The van der Waals surface area contributed by atoms with E-state index in [9.17, 15) is 9.59 Å². The third-order valence-corrected chi connectivity index (χ3v) is 5.65. The standard InChI is InChI=1S/C18H31N3O2/c1-19(13-15-7-8-15)17(22)14-20-9-11-21(12-10-20)18(23)16-5-3-2-4-6-16/h15-16H,2-14H2,1H3. The third kappa shape index (κ3) is 4.69. The van der Waals surface area contributed by atoms with Gasteiger partial charge in [0.2, 0.25) is 11.8 Å². The number of carbonyl (C=O) groups is 2. The molecule has 1 aliphatic heterocycles. The molecule has 23 heavy (non-hydrogen) atoms. The van der Waals surface area contributed by atoms with Gasteiger partial charge in [-0.2, -0.15) is 0 Å². The number of rotatable bonds is 5. The molecule has 2 aliphatic carbocycles. The summed E-state index contributed by atoms with van der Waals surface area (Å²) in [6.45, 7) is 4.67. The number of carbonyl (C=O) groups excluding carboxylic acids is 2. The Hall–Kier alpha value is -1.10. The molecule has 1 heterocycles. The van der Waals surface area contributed by atoms with Gasteiger partial charge in [0.25, 0.3) is 0 Å². The zero-order chi connectivity index (χ0) is 16.2. The summed E-state index contributed by atoms with van der Waals surface area (Å²) in [5, 5.41) is 0. The number of amides is 2. The van der Waals surface area contributed by atoms with Crippen LogP contribution in [0.15, 0.2) is 0 Å². The molecule has 0 unspecified atom stereocenters. The molecule has 1 saturated heterocycles. The fourth-order valence-corrected chi connectivity index (χ4v) is 3.84. The maximum atomic E-state index is 12.6. The highest BCUT2D eigenvalue weighted by Crippen LogP contribution is 2.29. The van der Waals surface area contributed by atoms with Crippen molar-refractivity contribution >= 4 is 11.8 Å². The Bertz CT molecular complexity index is 422. The Morgan fingerprint density at radius 2 is 1.61 bits per heavy atom. The van der Waals surface area contributed by atoms with E-state index >= 15 is 0 Å². The number of hydrogen-bond acceptors (Lipinski definition) is 3. The van der Waals surface area contributed by atoms with Crippen LogP contribution in [0.1, 0.15) is 44.9 Å². The van der Waals surface area contributed by atoms with E-state index in [4.69, 9.17) is 0 Å². The van der Waals surface area contributed by atoms with Crippen molar-refractivity contribution < 1.29 is 9.59 Å². The van der Waals surface area contributed by atoms with E-state index in [1.165, 1.54) is 32.1 Å². The van der Waals surface area contributed by atoms with Crippen molar-refractivity contribution in [2.24, 2.45) is 11.8 Å². The molecule has 2 amide bonds. The maximum Gasteiger partial charge on any atom is 0.236 e. The topological polar surface area (TPSA) is 43.9 Å². The Morgan fingerprint density at radius 3 is 2.22 bits per heavy atom. The number of nitrogens with zero attached hydrogens (tertiary/aromatic N) is 3. The fraction of sp³-hybridized carbons (Fsp3) is 0.889. The zero-order valence-corrected chi connectivity index (χ0v) is 14.5. The molecule has 0 atom stereocenters. The van der Waals surface area contributed by atoms with Crippen molar-refractivity contribution in [2.45, 2.75) is 44.9 Å². The minimum atomic E-state index is 0.226. The van der Waals surface area contributed by atoms with Crippen LogP contribution in [0, 0.1) is 11.8 Å². The first-order valence-electron chi connectivity index (χ1n) is 9.38. The van der Waals surface area contributed by atoms with Crippen LogP contribution in [-0.2, 0) is 9.59 Å². The molecule has 0 aromatic rings. The average molecular weight is 321 g/mol. The molecule has 0 N–H and O–H groups in total. The smallest absolute Gasteiger partial charge is 0.236 e. The van der Waals surface area contributed by atoms with Crippen LogP contribution < -0.4 is 0 Å². The van der Waals surface area contributed by atoms with E-state index < -0.39 is 0 Å². The number of piperazine rings is 1. The normalized spacial score (nSPS) is 23.8. The van der Waals surface area contributed by atoms with E-state index in [2.05, 4.69) is 4.90 Å². The molecular weight excluding hydrogens is 290 g/mol. The molecule has 0 aromatic heterocycles. The van der Waals surface area contributed by atoms with Gasteiger partial charge in [-0.25, -0.2) is 0 Å². The summed E-state index contributed by atoms with van der Waals surface area (Å²) < 4.78 is 0. The highest BCUT2D eigenvalue weighted by molar-refractivity contribution is 5.79. The summed E-state index contributed by atoms with van der Waals surface area (Å²) in [4.78, 5) is 30.9. The first-order valence-corrected chi connectivity index (χ1v) is 9.38. The highest BCUT2D eigenvalue weighted by atomic mass is 16.2. The summed E-state index contributed by atoms with van der Waals surface area (Å²) in [7, 11) is 1.92. The molecule has 3 aliphatic rings. The summed E-state index contributed by atoms with van der Waals surface area (Å²) in [5.41, 5.74) is 0. The minimum Gasteiger partial charge on any atom is -0.344 e. The van der Waals surface area contributed by atoms with Gasteiger partial charge < -0.3 is 9.80 Å². The Labute approximate surface area is 140 Å². The first kappa shape index (κ1) is 16.7. The van der Waals surface area contributed by atoms with Crippen molar-refractivity contribution in [3.05, 3.63) is 0 Å². The number of likely N-dealkylation sites (N-methyl/N-ethyl adjacent to an activating group) is 1. The van der Waals surface area contributed by atoms with E-state index in [0.717, 1.165) is 51.5 Å². The van der Waals surface area contributed by atoms with Crippen LogP contribution in [-0.4, -0.2) is 72.8 Å². The lowest BCUT2D eigenvalue weighted by atomic mass is 9.88. The van der Waals surface area contributed by atoms with Gasteiger partial charge in [-0.15, -0.1) is 0 Å². The lowest BCUT2D eigenvalue weighted by Gasteiger charge is -2.37. The zero-order valence-electron chi connectivity index (χ0n) is 14.5. The quantitative estimate of drug-likeness (QED) is 0.772. The van der Waals surface area contributed by atoms with Crippen molar-refractivity contribution in [2.75, 3.05) is 46.3 Å². The lowest BCUT2D eigenvalue weighted by Crippen LogP contribution is -2.52. The van der Waals surface area contributed by atoms with Crippen molar-refractivity contribution in [1.82, 2.24) is 14.7 Å². The van der Waals surface area contributed by atoms with Crippen LogP contribution in [0.4, 0.5) is 0 Å². The van der Waals surface area contributed by atoms with Crippen LogP contribution >= 0.6 is 0 Å². The van der Waals surface area contributed by atoms with Crippen LogP contribution in [0.5, 0.6) is 0 Å². The SMILES string of the molecule is CN(CC1CC1)C(=O)CN1CCN(C(=O)C2CCCCC2)CC1. The van der Waals surface area contributed by atoms with Gasteiger partial charge >= 0.3 is 0 Å². The van der Waals surface area contributed by atoms with Crippen molar-refractivity contribution in [3.8, 4) is 0 Å². The van der Waals surface area contributed by atoms with E-state index in [0.29, 0.717) is 12.5 Å². The Kier molecular flexibility index (Phi) is 5.57. The Morgan fingerprint density at radius 1 is 0.957 bits per heavy atom. The minimum absolute atomic E-state index is 0.226. The van der Waals surface area contributed by atoms with Crippen molar-refractivity contribution in [1.29, 1.82) is 0 Å². The van der Waals surface area contributed by atoms with Crippen LogP contribution in [0.25, 0.3) is 0 Å². The predicted molar refractivity (Wildman–Crippen MR) is 90.0 cm³/mol. The molecule has 3 rings (SSSR count). The highest BCUT2D eigenvalue weighted by Gasteiger charge is 2.30. The van der Waals surface area contributed by atoms with Gasteiger partial charge in [-0.3, -0.25) is 14.5 Å². The van der Waals surface area contributed by atoms with E-state index in [1.54, 1.807) is 0 Å². The van der Waals surface area contributed by atoms with Gasteiger partial charge in [-0.05, 0) is 31.6 Å². The second-order valence-corrected chi connectivity index (χ2v) is 7.65. The summed E-state index contributed by atoms with van der Waals surface area (Å²) >= 11 is 0. The molecule has 0 spiro atoms. The monoisotopic (exact) mass is 321 g/mol. The molecule has 5 heteroatoms. The largest absolute Gasteiger partial charge is 0.344 e. The van der Waals surface area contributed by atoms with E-state index in [1.807, 2.05) is 16.8 Å². The number of hydrogen-bond donors (Lipinski definition) is 0. The van der Waals surface area contributed by atoms with E-state index in [-0.39, 0.29) is 11.8 Å². The average Bonchev–Trinajstić information content (AvgIpc) is 3.39. The maximum absolute atomic E-state index is 12.6. The molecule has 2 saturated carbocycles. The molecule has 3 fully saturated rings. The predicted octanol–water partition coefficient (Wildman–Crippen LogP) is 1.58. The van der Waals surface area contributed by atoms with Gasteiger partial charge in [-0.1, -0.05) is 19.3 Å². The van der Waals surface area contributed by atoms with Gasteiger partial charge in [0, 0.05) is 45.7 Å².